The van der Waals surface area contributed by atoms with Gasteiger partial charge in [-0.1, -0.05) is 140 Å². The Morgan fingerprint density at radius 3 is 1.11 bits per heavy atom. The quantitative estimate of drug-likeness (QED) is 0.0390. The highest BCUT2D eigenvalue weighted by Gasteiger charge is 2.40. The van der Waals surface area contributed by atoms with E-state index < -0.39 is 0 Å². The third kappa shape index (κ3) is 29.5. The Hall–Kier alpha value is -1.16. The highest BCUT2D eigenvalue weighted by atomic mass is 16.5. The smallest absolute Gasteiger partial charge is 0.0839 e. The molecule has 1 saturated heterocycles. The number of nitrogens with zero attached hydrogens (tertiary/aromatic N) is 1. The Labute approximate surface area is 295 Å². The fourth-order valence-electron chi connectivity index (χ4n) is 6.87. The molecule has 0 aliphatic carbocycles. The molecule has 1 rings (SSSR count). The molecule has 0 aromatic carbocycles. The van der Waals surface area contributed by atoms with E-state index in [1.54, 1.807) is 0 Å². The molecule has 1 aliphatic heterocycles. The lowest BCUT2D eigenvalue weighted by molar-refractivity contribution is -0.880. The summed E-state index contributed by atoms with van der Waals surface area (Å²) in [6, 6.07) is 0. The third-order valence-electron chi connectivity index (χ3n) is 9.77. The molecule has 2 atom stereocenters. The first kappa shape index (κ1) is 43.9. The summed E-state index contributed by atoms with van der Waals surface area (Å²) in [6.07, 6.45) is 49.9. The van der Waals surface area contributed by atoms with Crippen molar-refractivity contribution in [1.29, 1.82) is 0 Å². The molecule has 0 N–H and O–H groups in total. The molecule has 274 valence electrons. The highest BCUT2D eigenvalue weighted by Crippen LogP contribution is 2.28. The second-order valence-corrected chi connectivity index (χ2v) is 15.1. The van der Waals surface area contributed by atoms with Gasteiger partial charge in [0.25, 0.3) is 0 Å². The first-order valence-corrected chi connectivity index (χ1v) is 20.7. The van der Waals surface area contributed by atoms with Crippen LogP contribution in [0.4, 0.5) is 0 Å². The van der Waals surface area contributed by atoms with Crippen molar-refractivity contribution < 1.29 is 14.0 Å². The van der Waals surface area contributed by atoms with Crippen LogP contribution in [0.3, 0.4) is 0 Å². The van der Waals surface area contributed by atoms with Crippen molar-refractivity contribution >= 4 is 0 Å². The summed E-state index contributed by atoms with van der Waals surface area (Å²) in [5.74, 6) is 1.29. The van der Waals surface area contributed by atoms with Gasteiger partial charge in [-0.2, -0.15) is 0 Å². The molecule has 0 spiro atoms. The zero-order valence-corrected chi connectivity index (χ0v) is 32.3. The Balaban J connectivity index is 1.94. The van der Waals surface area contributed by atoms with Crippen LogP contribution in [-0.2, 0) is 9.47 Å². The number of hydrogen-bond acceptors (Lipinski definition) is 2. The summed E-state index contributed by atoms with van der Waals surface area (Å²) < 4.78 is 13.5. The van der Waals surface area contributed by atoms with Crippen molar-refractivity contribution in [1.82, 2.24) is 0 Å². The monoisotopic (exact) mass is 657 g/mol. The van der Waals surface area contributed by atoms with Crippen molar-refractivity contribution in [2.45, 2.75) is 168 Å². The molecule has 1 heterocycles. The Morgan fingerprint density at radius 1 is 0.426 bits per heavy atom. The third-order valence-corrected chi connectivity index (χ3v) is 9.77. The normalized spacial score (nSPS) is 18.3. The molecule has 0 amide bonds. The van der Waals surface area contributed by atoms with Crippen molar-refractivity contribution in [3.8, 4) is 0 Å². The van der Waals surface area contributed by atoms with Gasteiger partial charge in [0.2, 0.25) is 0 Å². The first-order chi connectivity index (χ1) is 23.1. The van der Waals surface area contributed by atoms with Crippen molar-refractivity contribution in [3.05, 3.63) is 48.6 Å². The van der Waals surface area contributed by atoms with Gasteiger partial charge in [0.15, 0.2) is 0 Å². The minimum atomic E-state index is 0.644. The van der Waals surface area contributed by atoms with Gasteiger partial charge in [-0.25, -0.2) is 0 Å². The van der Waals surface area contributed by atoms with Crippen molar-refractivity contribution in [3.63, 3.8) is 0 Å². The molecule has 47 heavy (non-hydrogen) atoms. The number of likely N-dealkylation sites (tertiary alicyclic amines) is 1. The number of rotatable bonds is 34. The average Bonchev–Trinajstić information content (AvgIpc) is 3.36. The van der Waals surface area contributed by atoms with Gasteiger partial charge in [0, 0.05) is 25.0 Å². The van der Waals surface area contributed by atoms with Gasteiger partial charge in [0.1, 0.15) is 0 Å². The Bertz CT molecular complexity index is 705. The van der Waals surface area contributed by atoms with Crippen molar-refractivity contribution in [2.24, 2.45) is 11.8 Å². The maximum atomic E-state index is 6.21. The van der Waals surface area contributed by atoms with Crippen LogP contribution in [0.1, 0.15) is 168 Å². The summed E-state index contributed by atoms with van der Waals surface area (Å²) in [7, 11) is 4.75. The number of unbranched alkanes of at least 4 members (excludes halogenated alkanes) is 18. The Morgan fingerprint density at radius 2 is 0.745 bits per heavy atom. The van der Waals surface area contributed by atoms with Gasteiger partial charge < -0.3 is 14.0 Å². The maximum absolute atomic E-state index is 6.21. The van der Waals surface area contributed by atoms with E-state index in [9.17, 15) is 0 Å². The van der Waals surface area contributed by atoms with E-state index in [1.165, 1.54) is 154 Å². The van der Waals surface area contributed by atoms with Gasteiger partial charge in [-0.3, -0.25) is 0 Å². The van der Waals surface area contributed by atoms with Crippen LogP contribution < -0.4 is 0 Å². The predicted octanol–water partition coefficient (Wildman–Crippen LogP) is 13.0. The predicted molar refractivity (Wildman–Crippen MR) is 209 cm³/mol. The summed E-state index contributed by atoms with van der Waals surface area (Å²) >= 11 is 0. The van der Waals surface area contributed by atoms with Crippen LogP contribution in [0, 0.1) is 11.8 Å². The van der Waals surface area contributed by atoms with Gasteiger partial charge >= 0.3 is 0 Å². The summed E-state index contributed by atoms with van der Waals surface area (Å²) in [5.41, 5.74) is 0. The summed E-state index contributed by atoms with van der Waals surface area (Å²) in [6.45, 7) is 10.7. The van der Waals surface area contributed by atoms with Crippen LogP contribution >= 0.6 is 0 Å². The molecule has 0 saturated carbocycles. The zero-order chi connectivity index (χ0) is 33.9. The lowest BCUT2D eigenvalue weighted by Crippen LogP contribution is -2.37. The molecule has 1 aliphatic rings. The summed E-state index contributed by atoms with van der Waals surface area (Å²) in [4.78, 5) is 0. The second-order valence-electron chi connectivity index (χ2n) is 15.1. The van der Waals surface area contributed by atoms with Crippen LogP contribution in [0.5, 0.6) is 0 Å². The maximum Gasteiger partial charge on any atom is 0.0839 e. The molecule has 3 heteroatoms. The number of ether oxygens (including phenoxy) is 2. The number of allylic oxidation sites excluding steroid dienone is 8. The van der Waals surface area contributed by atoms with E-state index in [1.807, 2.05) is 0 Å². The van der Waals surface area contributed by atoms with Crippen LogP contribution in [-0.4, -0.2) is 58.1 Å². The fourth-order valence-corrected chi connectivity index (χ4v) is 6.87. The van der Waals surface area contributed by atoms with Gasteiger partial charge in [-0.15, -0.1) is 0 Å². The number of quaternary nitrogens is 1. The lowest BCUT2D eigenvalue weighted by atomic mass is 9.98. The number of hydrogen-bond donors (Lipinski definition) is 0. The van der Waals surface area contributed by atoms with E-state index >= 15 is 0 Å². The molecule has 3 nitrogen and oxygen atoms in total. The van der Waals surface area contributed by atoms with Crippen LogP contribution in [0.25, 0.3) is 0 Å². The Kier molecular flexibility index (Phi) is 31.1. The van der Waals surface area contributed by atoms with Crippen LogP contribution in [0.15, 0.2) is 48.6 Å². The SMILES string of the molecule is CCCCC/C=C\C/C=C\CCCCCCCCOC[C@@H]1C[N+](C)(C)C[C@H]1COCCCCCCCC/C=C\C/C=C\CCCCC. The summed E-state index contributed by atoms with van der Waals surface area (Å²) in [5, 5.41) is 0. The molecule has 0 unspecified atom stereocenters. The lowest BCUT2D eigenvalue weighted by Gasteiger charge is -2.23. The molecule has 1 fully saturated rings. The van der Waals surface area contributed by atoms with Crippen molar-refractivity contribution in [2.75, 3.05) is 53.6 Å². The molecular formula is C44H82NO2+. The second kappa shape index (κ2) is 33.3. The standard InChI is InChI=1S/C44H82NO2/c1-5-7-9-11-13-15-17-19-21-23-25-27-29-31-33-35-37-46-41-43-39-45(3,4)40-44(43)42-47-38-36-34-32-30-28-26-24-22-20-18-16-14-12-10-8-6-2/h13-16,19-22,43-44H,5-12,17-18,23-42H2,1-4H3/q+1/b15-13-,16-14-,21-19-,22-20-/t43-,44-/m0/s1. The molecule has 0 bridgehead atoms. The minimum Gasteiger partial charge on any atom is -0.381 e. The van der Waals surface area contributed by atoms with E-state index in [2.05, 4.69) is 76.6 Å². The molecule has 0 aromatic heterocycles. The van der Waals surface area contributed by atoms with Gasteiger partial charge in [0.05, 0.1) is 40.4 Å². The molecule has 0 radical (unpaired) electrons. The average molecular weight is 657 g/mol. The van der Waals surface area contributed by atoms with Crippen LogP contribution in [0.2, 0.25) is 0 Å². The van der Waals surface area contributed by atoms with E-state index in [-0.39, 0.29) is 0 Å². The molecule has 0 aromatic rings. The van der Waals surface area contributed by atoms with Gasteiger partial charge in [-0.05, 0) is 77.0 Å². The highest BCUT2D eigenvalue weighted by molar-refractivity contribution is 4.93. The minimum absolute atomic E-state index is 0.644. The van der Waals surface area contributed by atoms with E-state index in [0.29, 0.717) is 11.8 Å². The topological polar surface area (TPSA) is 18.5 Å². The first-order valence-electron chi connectivity index (χ1n) is 20.7. The largest absolute Gasteiger partial charge is 0.381 e. The fraction of sp³-hybridized carbons (Fsp3) is 0.818. The van der Waals surface area contributed by atoms with E-state index in [0.717, 1.165) is 43.8 Å². The zero-order valence-electron chi connectivity index (χ0n) is 32.3. The molecular weight excluding hydrogens is 574 g/mol. The van der Waals surface area contributed by atoms with E-state index in [4.69, 9.17) is 9.47 Å².